The smallest absolute Gasteiger partial charge is 0.233 e. The quantitative estimate of drug-likeness (QED) is 0.642. The minimum atomic E-state index is -0.322. The topological polar surface area (TPSA) is 82.2 Å². The molecular weight excluding hydrogens is 352 g/mol. The summed E-state index contributed by atoms with van der Waals surface area (Å²) in [5.41, 5.74) is 0.930. The summed E-state index contributed by atoms with van der Waals surface area (Å²) in [6.07, 6.45) is 1.59. The van der Waals surface area contributed by atoms with Crippen molar-refractivity contribution in [2.45, 2.75) is 23.9 Å². The maximum absolute atomic E-state index is 12.4. The van der Waals surface area contributed by atoms with Gasteiger partial charge in [0, 0.05) is 19.2 Å². The molecule has 3 aromatic rings. The van der Waals surface area contributed by atoms with E-state index in [9.17, 15) is 4.79 Å². The molecule has 1 aromatic carbocycles. The summed E-state index contributed by atoms with van der Waals surface area (Å²) in [4.78, 5) is 12.4. The molecule has 0 saturated carbocycles. The molecule has 0 radical (unpaired) electrons. The minimum absolute atomic E-state index is 0.0801. The van der Waals surface area contributed by atoms with Crippen molar-refractivity contribution >= 4 is 17.7 Å². The standard InChI is InChI=1S/C18H20N4O3S/c1-12(17(23)19-11-13-7-4-5-8-14(13)24-3)26-18-21-20-16(22(18)2)15-9-6-10-25-15/h4-10,12H,11H2,1-3H3,(H,19,23)/t12-/m1/s1. The number of hydrogen-bond donors (Lipinski definition) is 1. The number of aromatic nitrogens is 3. The Labute approximate surface area is 155 Å². The van der Waals surface area contributed by atoms with Crippen LogP contribution in [0.1, 0.15) is 12.5 Å². The number of carbonyl (C=O) groups is 1. The fourth-order valence-electron chi connectivity index (χ4n) is 2.42. The molecule has 2 heterocycles. The number of nitrogens with one attached hydrogen (secondary N) is 1. The summed E-state index contributed by atoms with van der Waals surface area (Å²) in [7, 11) is 3.46. The Morgan fingerprint density at radius 3 is 2.85 bits per heavy atom. The monoisotopic (exact) mass is 372 g/mol. The van der Waals surface area contributed by atoms with Gasteiger partial charge in [-0.15, -0.1) is 10.2 Å². The highest BCUT2D eigenvalue weighted by Gasteiger charge is 2.20. The van der Waals surface area contributed by atoms with E-state index in [0.29, 0.717) is 23.3 Å². The molecule has 0 aliphatic carbocycles. The second-order valence-corrected chi connectivity index (χ2v) is 6.94. The molecule has 0 aliphatic heterocycles. The molecule has 8 heteroatoms. The van der Waals surface area contributed by atoms with Crippen LogP contribution in [0.2, 0.25) is 0 Å². The summed E-state index contributed by atoms with van der Waals surface area (Å²) < 4.78 is 12.5. The second kappa shape index (κ2) is 8.09. The molecular formula is C18H20N4O3S. The summed E-state index contributed by atoms with van der Waals surface area (Å²) in [5, 5.41) is 11.6. The SMILES string of the molecule is COc1ccccc1CNC(=O)[C@@H](C)Sc1nnc(-c2ccco2)n1C. The van der Waals surface area contributed by atoms with Crippen LogP contribution in [0, 0.1) is 0 Å². The Morgan fingerprint density at radius 2 is 2.12 bits per heavy atom. The van der Waals surface area contributed by atoms with Crippen molar-refractivity contribution in [2.75, 3.05) is 7.11 Å². The van der Waals surface area contributed by atoms with Gasteiger partial charge in [0.25, 0.3) is 0 Å². The van der Waals surface area contributed by atoms with Gasteiger partial charge in [-0.05, 0) is 25.1 Å². The van der Waals surface area contributed by atoms with Crippen LogP contribution < -0.4 is 10.1 Å². The molecule has 0 fully saturated rings. The zero-order valence-corrected chi connectivity index (χ0v) is 15.6. The van der Waals surface area contributed by atoms with Gasteiger partial charge in [0.15, 0.2) is 16.7 Å². The van der Waals surface area contributed by atoms with Gasteiger partial charge in [0.05, 0.1) is 18.6 Å². The van der Waals surface area contributed by atoms with Crippen molar-refractivity contribution in [1.82, 2.24) is 20.1 Å². The third kappa shape index (κ3) is 3.91. The Balaban J connectivity index is 1.61. The molecule has 0 saturated heterocycles. The zero-order valence-electron chi connectivity index (χ0n) is 14.8. The van der Waals surface area contributed by atoms with Crippen molar-refractivity contribution in [3.8, 4) is 17.3 Å². The van der Waals surface area contributed by atoms with Crippen LogP contribution in [0.4, 0.5) is 0 Å². The molecule has 2 aromatic heterocycles. The van der Waals surface area contributed by atoms with E-state index >= 15 is 0 Å². The van der Waals surface area contributed by atoms with Crippen LogP contribution in [0.3, 0.4) is 0 Å². The molecule has 26 heavy (non-hydrogen) atoms. The van der Waals surface area contributed by atoms with Crippen LogP contribution in [0.25, 0.3) is 11.6 Å². The van der Waals surface area contributed by atoms with Crippen LogP contribution in [-0.2, 0) is 18.4 Å². The number of carbonyl (C=O) groups excluding carboxylic acids is 1. The molecule has 0 unspecified atom stereocenters. The number of ether oxygens (including phenoxy) is 1. The summed E-state index contributed by atoms with van der Waals surface area (Å²) in [6.45, 7) is 2.24. The van der Waals surface area contributed by atoms with E-state index in [2.05, 4.69) is 15.5 Å². The number of benzene rings is 1. The zero-order chi connectivity index (χ0) is 18.5. The van der Waals surface area contributed by atoms with Gasteiger partial charge < -0.3 is 19.0 Å². The van der Waals surface area contributed by atoms with E-state index in [1.54, 1.807) is 19.4 Å². The van der Waals surface area contributed by atoms with Crippen molar-refractivity contribution < 1.29 is 13.9 Å². The van der Waals surface area contributed by atoms with Crippen LogP contribution in [0.15, 0.2) is 52.2 Å². The van der Waals surface area contributed by atoms with E-state index in [4.69, 9.17) is 9.15 Å². The number of thioether (sulfide) groups is 1. The first kappa shape index (κ1) is 18.1. The number of furan rings is 1. The van der Waals surface area contributed by atoms with Crippen molar-refractivity contribution in [3.05, 3.63) is 48.2 Å². The maximum Gasteiger partial charge on any atom is 0.233 e. The number of para-hydroxylation sites is 1. The number of rotatable bonds is 7. The van der Waals surface area contributed by atoms with Crippen molar-refractivity contribution in [2.24, 2.45) is 7.05 Å². The fourth-order valence-corrected chi connectivity index (χ4v) is 3.26. The lowest BCUT2D eigenvalue weighted by Gasteiger charge is -2.13. The van der Waals surface area contributed by atoms with Gasteiger partial charge in [-0.2, -0.15) is 0 Å². The van der Waals surface area contributed by atoms with Gasteiger partial charge in [0.1, 0.15) is 5.75 Å². The van der Waals surface area contributed by atoms with E-state index < -0.39 is 0 Å². The van der Waals surface area contributed by atoms with E-state index in [1.807, 2.05) is 48.9 Å². The molecule has 1 atom stereocenters. The largest absolute Gasteiger partial charge is 0.496 e. The van der Waals surface area contributed by atoms with Crippen LogP contribution >= 0.6 is 11.8 Å². The molecule has 0 spiro atoms. The molecule has 0 bridgehead atoms. The lowest BCUT2D eigenvalue weighted by molar-refractivity contribution is -0.120. The lowest BCUT2D eigenvalue weighted by Crippen LogP contribution is -2.30. The molecule has 1 N–H and O–H groups in total. The van der Waals surface area contributed by atoms with E-state index in [1.165, 1.54) is 11.8 Å². The summed E-state index contributed by atoms with van der Waals surface area (Å²) in [6, 6.07) is 11.2. The van der Waals surface area contributed by atoms with Crippen LogP contribution in [0.5, 0.6) is 5.75 Å². The van der Waals surface area contributed by atoms with Crippen LogP contribution in [-0.4, -0.2) is 33.0 Å². The Kier molecular flexibility index (Phi) is 5.62. The number of hydrogen-bond acceptors (Lipinski definition) is 6. The molecule has 0 aliphatic rings. The second-order valence-electron chi connectivity index (χ2n) is 5.63. The number of methoxy groups -OCH3 is 1. The number of nitrogens with zero attached hydrogens (tertiary/aromatic N) is 3. The third-order valence-electron chi connectivity index (χ3n) is 3.87. The van der Waals surface area contributed by atoms with Gasteiger partial charge in [-0.1, -0.05) is 30.0 Å². The van der Waals surface area contributed by atoms with Gasteiger partial charge in [-0.3, -0.25) is 4.79 Å². The first-order valence-corrected chi connectivity index (χ1v) is 8.97. The average Bonchev–Trinajstić information content (AvgIpc) is 3.30. The van der Waals surface area contributed by atoms with Gasteiger partial charge in [-0.25, -0.2) is 0 Å². The summed E-state index contributed by atoms with van der Waals surface area (Å²) >= 11 is 1.35. The molecule has 7 nitrogen and oxygen atoms in total. The fraction of sp³-hybridized carbons (Fsp3) is 0.278. The Morgan fingerprint density at radius 1 is 1.31 bits per heavy atom. The highest BCUT2D eigenvalue weighted by atomic mass is 32.2. The Bertz CT molecular complexity index is 876. The number of amides is 1. The van der Waals surface area contributed by atoms with Crippen molar-refractivity contribution in [3.63, 3.8) is 0 Å². The Hall–Kier alpha value is -2.74. The van der Waals surface area contributed by atoms with E-state index in [-0.39, 0.29) is 11.2 Å². The summed E-state index contributed by atoms with van der Waals surface area (Å²) in [5.74, 6) is 1.94. The molecule has 136 valence electrons. The predicted molar refractivity (Wildman–Crippen MR) is 98.9 cm³/mol. The van der Waals surface area contributed by atoms with E-state index in [0.717, 1.165) is 11.3 Å². The third-order valence-corrected chi connectivity index (χ3v) is 5.01. The molecule has 1 amide bonds. The van der Waals surface area contributed by atoms with Gasteiger partial charge in [0.2, 0.25) is 5.91 Å². The first-order valence-electron chi connectivity index (χ1n) is 8.09. The average molecular weight is 372 g/mol. The molecule has 3 rings (SSSR count). The van der Waals surface area contributed by atoms with Gasteiger partial charge >= 0.3 is 0 Å². The minimum Gasteiger partial charge on any atom is -0.496 e. The predicted octanol–water partition coefficient (Wildman–Crippen LogP) is 2.88. The highest BCUT2D eigenvalue weighted by molar-refractivity contribution is 8.00. The maximum atomic E-state index is 12.4. The highest BCUT2D eigenvalue weighted by Crippen LogP contribution is 2.26. The normalized spacial score (nSPS) is 12.0. The van der Waals surface area contributed by atoms with Crippen molar-refractivity contribution in [1.29, 1.82) is 0 Å². The lowest BCUT2D eigenvalue weighted by atomic mass is 10.2. The first-order chi connectivity index (χ1) is 12.6.